The van der Waals surface area contributed by atoms with Crippen LogP contribution in [0.15, 0.2) is 48.5 Å². The summed E-state index contributed by atoms with van der Waals surface area (Å²) >= 11 is 0. The van der Waals surface area contributed by atoms with Gasteiger partial charge >= 0.3 is 0 Å². The van der Waals surface area contributed by atoms with E-state index in [-0.39, 0.29) is 11.9 Å². The molecule has 1 saturated heterocycles. The quantitative estimate of drug-likeness (QED) is 0.681. The zero-order valence-electron chi connectivity index (χ0n) is 18.8. The third-order valence-corrected chi connectivity index (χ3v) is 5.93. The van der Waals surface area contributed by atoms with Gasteiger partial charge < -0.3 is 14.5 Å². The van der Waals surface area contributed by atoms with Crippen LogP contribution in [0, 0.1) is 18.3 Å². The Labute approximate surface area is 185 Å². The Balaban J connectivity index is 1.68. The summed E-state index contributed by atoms with van der Waals surface area (Å²) in [4.78, 5) is 19.8. The van der Waals surface area contributed by atoms with Gasteiger partial charge in [-0.05, 0) is 56.7 Å². The molecule has 0 spiro atoms. The van der Waals surface area contributed by atoms with Crippen LogP contribution in [0.3, 0.4) is 0 Å². The summed E-state index contributed by atoms with van der Waals surface area (Å²) in [6, 6.07) is 18.0. The molecule has 0 N–H and O–H groups in total. The average molecular weight is 421 g/mol. The molecular weight excluding hydrogens is 388 g/mol. The summed E-state index contributed by atoms with van der Waals surface area (Å²) in [5.41, 5.74) is 3.18. The van der Waals surface area contributed by atoms with Gasteiger partial charge in [0, 0.05) is 44.1 Å². The van der Waals surface area contributed by atoms with Gasteiger partial charge in [-0.25, -0.2) is 0 Å². The van der Waals surface area contributed by atoms with E-state index in [0.29, 0.717) is 13.0 Å². The highest BCUT2D eigenvalue weighted by molar-refractivity contribution is 5.97. The third kappa shape index (κ3) is 5.77. The topological polar surface area (TPSA) is 59.8 Å². The number of rotatable bonds is 7. The van der Waals surface area contributed by atoms with Gasteiger partial charge in [-0.2, -0.15) is 5.26 Å². The molecule has 6 heteroatoms. The summed E-state index contributed by atoms with van der Waals surface area (Å²) in [7, 11) is 1.67. The maximum absolute atomic E-state index is 13.4. The van der Waals surface area contributed by atoms with Crippen LogP contribution < -0.4 is 14.5 Å². The Hall–Kier alpha value is -3.04. The van der Waals surface area contributed by atoms with Crippen LogP contribution in [0.2, 0.25) is 0 Å². The first-order valence-corrected chi connectivity index (χ1v) is 10.9. The SMILES string of the molecule is COc1ccc(N2CCCN(C(C)C(=O)N(CCC#N)c3ccc(C)cc3)CC2)cc1. The second kappa shape index (κ2) is 10.8. The lowest BCUT2D eigenvalue weighted by Gasteiger charge is -2.32. The number of aryl methyl sites for hydroxylation is 1. The molecule has 0 bridgehead atoms. The molecule has 31 heavy (non-hydrogen) atoms. The molecule has 0 aliphatic carbocycles. The van der Waals surface area contributed by atoms with Crippen molar-refractivity contribution < 1.29 is 9.53 Å². The Morgan fingerprint density at radius 1 is 1.10 bits per heavy atom. The molecule has 1 unspecified atom stereocenters. The van der Waals surface area contributed by atoms with E-state index in [1.807, 2.05) is 50.2 Å². The van der Waals surface area contributed by atoms with Gasteiger partial charge in [-0.3, -0.25) is 9.69 Å². The first-order valence-electron chi connectivity index (χ1n) is 10.9. The predicted molar refractivity (Wildman–Crippen MR) is 125 cm³/mol. The average Bonchev–Trinajstić information content (AvgIpc) is 3.06. The van der Waals surface area contributed by atoms with E-state index in [9.17, 15) is 4.79 Å². The number of amides is 1. The smallest absolute Gasteiger partial charge is 0.244 e. The van der Waals surface area contributed by atoms with Gasteiger partial charge in [0.2, 0.25) is 5.91 Å². The molecule has 0 saturated carbocycles. The zero-order valence-corrected chi connectivity index (χ0v) is 18.8. The molecule has 3 rings (SSSR count). The van der Waals surface area contributed by atoms with Gasteiger partial charge in [0.15, 0.2) is 0 Å². The molecule has 1 atom stereocenters. The van der Waals surface area contributed by atoms with E-state index in [4.69, 9.17) is 10.00 Å². The van der Waals surface area contributed by atoms with Crippen LogP contribution in [-0.4, -0.2) is 56.7 Å². The van der Waals surface area contributed by atoms with Gasteiger partial charge in [-0.15, -0.1) is 0 Å². The maximum atomic E-state index is 13.4. The molecule has 1 fully saturated rings. The summed E-state index contributed by atoms with van der Waals surface area (Å²) in [6.07, 6.45) is 1.31. The van der Waals surface area contributed by atoms with Crippen molar-refractivity contribution in [3.8, 4) is 11.8 Å². The fraction of sp³-hybridized carbons (Fsp3) is 0.440. The molecule has 0 radical (unpaired) electrons. The molecule has 0 aromatic heterocycles. The van der Waals surface area contributed by atoms with Crippen LogP contribution in [0.1, 0.15) is 25.3 Å². The number of hydrogen-bond acceptors (Lipinski definition) is 5. The summed E-state index contributed by atoms with van der Waals surface area (Å²) in [5.74, 6) is 0.907. The molecule has 1 heterocycles. The van der Waals surface area contributed by atoms with Crippen LogP contribution >= 0.6 is 0 Å². The Morgan fingerprint density at radius 2 is 1.81 bits per heavy atom. The minimum Gasteiger partial charge on any atom is -0.497 e. The van der Waals surface area contributed by atoms with Crippen LogP contribution in [0.4, 0.5) is 11.4 Å². The van der Waals surface area contributed by atoms with Gasteiger partial charge in [-0.1, -0.05) is 17.7 Å². The second-order valence-corrected chi connectivity index (χ2v) is 7.98. The van der Waals surface area contributed by atoms with Crippen molar-refractivity contribution in [3.05, 3.63) is 54.1 Å². The Morgan fingerprint density at radius 3 is 2.45 bits per heavy atom. The highest BCUT2D eigenvalue weighted by Gasteiger charge is 2.28. The fourth-order valence-electron chi connectivity index (χ4n) is 4.01. The standard InChI is InChI=1S/C25H32N4O2/c1-20-6-8-23(9-7-20)29(17-4-14-26)25(30)21(2)27-15-5-16-28(19-18-27)22-10-12-24(31-3)13-11-22/h6-13,21H,4-5,15-19H2,1-3H3. The number of benzene rings is 2. The summed E-state index contributed by atoms with van der Waals surface area (Å²) in [6.45, 7) is 7.94. The monoisotopic (exact) mass is 420 g/mol. The van der Waals surface area contributed by atoms with Crippen molar-refractivity contribution in [2.45, 2.75) is 32.7 Å². The zero-order chi connectivity index (χ0) is 22.2. The lowest BCUT2D eigenvalue weighted by molar-refractivity contribution is -0.123. The van der Waals surface area contributed by atoms with Crippen molar-refractivity contribution in [1.29, 1.82) is 5.26 Å². The number of carbonyl (C=O) groups is 1. The number of nitriles is 1. The molecule has 2 aromatic rings. The molecule has 6 nitrogen and oxygen atoms in total. The predicted octanol–water partition coefficient (Wildman–Crippen LogP) is 3.85. The lowest BCUT2D eigenvalue weighted by Crippen LogP contribution is -2.48. The van der Waals surface area contributed by atoms with Crippen LogP contribution in [0.25, 0.3) is 0 Å². The molecular formula is C25H32N4O2. The number of nitrogens with zero attached hydrogens (tertiary/aromatic N) is 4. The van der Waals surface area contributed by atoms with E-state index in [0.717, 1.165) is 49.6 Å². The number of carbonyl (C=O) groups excluding carboxylic acids is 1. The second-order valence-electron chi connectivity index (χ2n) is 7.98. The van der Waals surface area contributed by atoms with Gasteiger partial charge in [0.05, 0.1) is 25.6 Å². The highest BCUT2D eigenvalue weighted by Crippen LogP contribution is 2.22. The summed E-state index contributed by atoms with van der Waals surface area (Å²) in [5, 5.41) is 9.07. The lowest BCUT2D eigenvalue weighted by atomic mass is 10.1. The van der Waals surface area contributed by atoms with Crippen LogP contribution in [-0.2, 0) is 4.79 Å². The fourth-order valence-corrected chi connectivity index (χ4v) is 4.01. The molecule has 2 aromatic carbocycles. The minimum absolute atomic E-state index is 0.0528. The number of anilines is 2. The van der Waals surface area contributed by atoms with Crippen molar-refractivity contribution in [2.75, 3.05) is 49.6 Å². The Kier molecular flexibility index (Phi) is 7.91. The van der Waals surface area contributed by atoms with E-state index >= 15 is 0 Å². The third-order valence-electron chi connectivity index (χ3n) is 5.93. The first-order chi connectivity index (χ1) is 15.0. The minimum atomic E-state index is -0.240. The normalized spacial score (nSPS) is 15.6. The van der Waals surface area contributed by atoms with Gasteiger partial charge in [0.25, 0.3) is 0 Å². The molecule has 1 aliphatic rings. The Bertz CT molecular complexity index is 889. The van der Waals surface area contributed by atoms with E-state index in [2.05, 4.69) is 28.0 Å². The molecule has 1 amide bonds. The maximum Gasteiger partial charge on any atom is 0.244 e. The van der Waals surface area contributed by atoms with Crippen molar-refractivity contribution >= 4 is 17.3 Å². The highest BCUT2D eigenvalue weighted by atomic mass is 16.5. The first kappa shape index (κ1) is 22.6. The number of methoxy groups -OCH3 is 1. The van der Waals surface area contributed by atoms with E-state index < -0.39 is 0 Å². The van der Waals surface area contributed by atoms with Crippen molar-refractivity contribution in [1.82, 2.24) is 4.90 Å². The summed E-state index contributed by atoms with van der Waals surface area (Å²) < 4.78 is 5.26. The van der Waals surface area contributed by atoms with Gasteiger partial charge in [0.1, 0.15) is 5.75 Å². The number of hydrogen-bond donors (Lipinski definition) is 0. The van der Waals surface area contributed by atoms with Crippen molar-refractivity contribution in [3.63, 3.8) is 0 Å². The largest absolute Gasteiger partial charge is 0.497 e. The van der Waals surface area contributed by atoms with E-state index in [1.165, 1.54) is 5.69 Å². The van der Waals surface area contributed by atoms with Crippen molar-refractivity contribution in [2.24, 2.45) is 0 Å². The number of ether oxygens (including phenoxy) is 1. The van der Waals surface area contributed by atoms with Crippen LogP contribution in [0.5, 0.6) is 5.75 Å². The van der Waals surface area contributed by atoms with E-state index in [1.54, 1.807) is 12.0 Å². The molecule has 164 valence electrons. The molecule has 1 aliphatic heterocycles.